The Hall–Kier alpha value is -3.18. The van der Waals surface area contributed by atoms with Crippen molar-refractivity contribution in [2.24, 2.45) is 0 Å². The third kappa shape index (κ3) is 4.15. The molecule has 0 saturated heterocycles. The van der Waals surface area contributed by atoms with Crippen molar-refractivity contribution in [1.29, 1.82) is 0 Å². The molecule has 1 aromatic heterocycles. The number of fused-ring (bicyclic) bond motifs is 1. The van der Waals surface area contributed by atoms with Gasteiger partial charge in [-0.15, -0.1) is 0 Å². The third-order valence-electron chi connectivity index (χ3n) is 4.78. The average molecular weight is 408 g/mol. The number of halogens is 2. The van der Waals surface area contributed by atoms with Gasteiger partial charge < -0.3 is 9.88 Å². The van der Waals surface area contributed by atoms with E-state index < -0.39 is 0 Å². The lowest BCUT2D eigenvalue weighted by molar-refractivity contribution is 0.0937. The van der Waals surface area contributed by atoms with Gasteiger partial charge in [-0.2, -0.15) is 0 Å². The lowest BCUT2D eigenvalue weighted by Gasteiger charge is -2.17. The lowest BCUT2D eigenvalue weighted by atomic mass is 10.2. The molecule has 6 heteroatoms. The van der Waals surface area contributed by atoms with Crippen LogP contribution in [0.2, 0.25) is 5.02 Å². The van der Waals surface area contributed by atoms with E-state index in [0.29, 0.717) is 17.1 Å². The summed E-state index contributed by atoms with van der Waals surface area (Å²) in [4.78, 5) is 17.3. The molecule has 0 unspecified atom stereocenters. The highest BCUT2D eigenvalue weighted by Crippen LogP contribution is 2.23. The molecule has 1 amide bonds. The van der Waals surface area contributed by atoms with Crippen LogP contribution in [0.4, 0.5) is 4.39 Å². The fourth-order valence-electron chi connectivity index (χ4n) is 3.31. The molecule has 0 fully saturated rings. The molecule has 0 aliphatic rings. The Bertz CT molecular complexity index is 1150. The second-order valence-electron chi connectivity index (χ2n) is 6.87. The van der Waals surface area contributed by atoms with Gasteiger partial charge in [-0.3, -0.25) is 4.79 Å². The second kappa shape index (κ2) is 8.05. The van der Waals surface area contributed by atoms with Gasteiger partial charge in [0.25, 0.3) is 5.91 Å². The zero-order chi connectivity index (χ0) is 20.4. The van der Waals surface area contributed by atoms with Crippen molar-refractivity contribution in [2.75, 3.05) is 0 Å². The normalized spacial score (nSPS) is 12.1. The number of hydrogen-bond acceptors (Lipinski definition) is 2. The number of nitrogens with zero attached hydrogens (tertiary/aromatic N) is 2. The van der Waals surface area contributed by atoms with Crippen LogP contribution in [0.25, 0.3) is 11.0 Å². The largest absolute Gasteiger partial charge is 0.342 e. The first-order chi connectivity index (χ1) is 14.0. The fourth-order valence-corrected chi connectivity index (χ4v) is 3.44. The summed E-state index contributed by atoms with van der Waals surface area (Å²) in [6.45, 7) is 2.49. The standard InChI is InChI=1S/C23H19ClFN3O/c1-15(26-23(29)17-8-12-19(25)13-9-17)22-27-20-4-2-3-5-21(20)28(22)14-16-6-10-18(24)11-7-16/h2-13,15H,14H2,1H3,(H,26,29)/t15-/m1/s1. The highest BCUT2D eigenvalue weighted by atomic mass is 35.5. The minimum absolute atomic E-state index is 0.275. The Morgan fingerprint density at radius 2 is 1.76 bits per heavy atom. The molecule has 0 radical (unpaired) electrons. The summed E-state index contributed by atoms with van der Waals surface area (Å²) >= 11 is 6.01. The third-order valence-corrected chi connectivity index (χ3v) is 5.03. The van der Waals surface area contributed by atoms with E-state index >= 15 is 0 Å². The van der Waals surface area contributed by atoms with Crippen LogP contribution >= 0.6 is 11.6 Å². The van der Waals surface area contributed by atoms with Crippen LogP contribution in [0.3, 0.4) is 0 Å². The van der Waals surface area contributed by atoms with Crippen molar-refractivity contribution in [3.8, 4) is 0 Å². The molecule has 4 nitrogen and oxygen atoms in total. The van der Waals surface area contributed by atoms with Crippen molar-refractivity contribution in [2.45, 2.75) is 19.5 Å². The second-order valence-corrected chi connectivity index (χ2v) is 7.31. The fraction of sp³-hybridized carbons (Fsp3) is 0.130. The van der Waals surface area contributed by atoms with Gasteiger partial charge >= 0.3 is 0 Å². The van der Waals surface area contributed by atoms with Crippen LogP contribution in [0.1, 0.15) is 34.7 Å². The van der Waals surface area contributed by atoms with Gasteiger partial charge in [0.1, 0.15) is 11.6 Å². The van der Waals surface area contributed by atoms with Gasteiger partial charge in [-0.1, -0.05) is 35.9 Å². The summed E-state index contributed by atoms with van der Waals surface area (Å²) in [5, 5.41) is 3.65. The molecule has 0 aliphatic heterocycles. The number of aromatic nitrogens is 2. The van der Waals surface area contributed by atoms with Crippen LogP contribution in [0.15, 0.2) is 72.8 Å². The van der Waals surface area contributed by atoms with Gasteiger partial charge in [-0.05, 0) is 61.0 Å². The zero-order valence-electron chi connectivity index (χ0n) is 15.8. The van der Waals surface area contributed by atoms with Crippen molar-refractivity contribution in [3.05, 3.63) is 101 Å². The van der Waals surface area contributed by atoms with Gasteiger partial charge in [0.15, 0.2) is 0 Å². The Kier molecular flexibility index (Phi) is 5.32. The highest BCUT2D eigenvalue weighted by molar-refractivity contribution is 6.30. The maximum absolute atomic E-state index is 13.1. The Morgan fingerprint density at radius 3 is 2.48 bits per heavy atom. The van der Waals surface area contributed by atoms with E-state index in [1.54, 1.807) is 0 Å². The summed E-state index contributed by atoms with van der Waals surface area (Å²) in [5.41, 5.74) is 3.33. The number of para-hydroxylation sites is 2. The number of carbonyl (C=O) groups is 1. The van der Waals surface area contributed by atoms with Gasteiger partial charge in [0, 0.05) is 17.1 Å². The molecule has 1 N–H and O–H groups in total. The molecule has 0 aliphatic carbocycles. The number of amides is 1. The van der Waals surface area contributed by atoms with Crippen LogP contribution in [0.5, 0.6) is 0 Å². The number of benzene rings is 3. The number of nitrogens with one attached hydrogen (secondary N) is 1. The lowest BCUT2D eigenvalue weighted by Crippen LogP contribution is -2.28. The molecular formula is C23H19ClFN3O. The molecule has 1 heterocycles. The summed E-state index contributed by atoms with van der Waals surface area (Å²) < 4.78 is 15.2. The maximum Gasteiger partial charge on any atom is 0.251 e. The van der Waals surface area contributed by atoms with E-state index in [-0.39, 0.29) is 17.8 Å². The van der Waals surface area contributed by atoms with Crippen LogP contribution in [0, 0.1) is 5.82 Å². The molecule has 0 saturated carbocycles. The number of imidazole rings is 1. The minimum Gasteiger partial charge on any atom is -0.342 e. The first-order valence-corrected chi connectivity index (χ1v) is 9.65. The summed E-state index contributed by atoms with van der Waals surface area (Å²) in [7, 11) is 0. The van der Waals surface area contributed by atoms with Crippen molar-refractivity contribution in [3.63, 3.8) is 0 Å². The van der Waals surface area contributed by atoms with Gasteiger partial charge in [0.05, 0.1) is 17.1 Å². The maximum atomic E-state index is 13.1. The molecule has 0 bridgehead atoms. The minimum atomic E-state index is -0.376. The quantitative estimate of drug-likeness (QED) is 0.483. The van der Waals surface area contributed by atoms with E-state index in [2.05, 4.69) is 9.88 Å². The smallest absolute Gasteiger partial charge is 0.251 e. The summed E-state index contributed by atoms with van der Waals surface area (Å²) in [6.07, 6.45) is 0. The predicted octanol–water partition coefficient (Wildman–Crippen LogP) is 5.37. The monoisotopic (exact) mass is 407 g/mol. The average Bonchev–Trinajstić information content (AvgIpc) is 3.09. The molecule has 146 valence electrons. The van der Waals surface area contributed by atoms with Crippen molar-refractivity contribution < 1.29 is 9.18 Å². The van der Waals surface area contributed by atoms with Crippen LogP contribution < -0.4 is 5.32 Å². The molecule has 4 aromatic rings. The number of hydrogen-bond donors (Lipinski definition) is 1. The van der Waals surface area contributed by atoms with E-state index in [1.807, 2.05) is 55.5 Å². The highest BCUT2D eigenvalue weighted by Gasteiger charge is 2.19. The van der Waals surface area contributed by atoms with Crippen molar-refractivity contribution >= 4 is 28.5 Å². The Balaban J connectivity index is 1.65. The molecule has 0 spiro atoms. The molecule has 1 atom stereocenters. The molecule has 29 heavy (non-hydrogen) atoms. The van der Waals surface area contributed by atoms with Crippen molar-refractivity contribution in [1.82, 2.24) is 14.9 Å². The van der Waals surface area contributed by atoms with E-state index in [9.17, 15) is 9.18 Å². The van der Waals surface area contributed by atoms with Gasteiger partial charge in [-0.25, -0.2) is 9.37 Å². The SMILES string of the molecule is C[C@@H](NC(=O)c1ccc(F)cc1)c1nc2ccccc2n1Cc1ccc(Cl)cc1. The van der Waals surface area contributed by atoms with E-state index in [0.717, 1.165) is 22.4 Å². The topological polar surface area (TPSA) is 46.9 Å². The van der Waals surface area contributed by atoms with E-state index in [1.165, 1.54) is 24.3 Å². The first kappa shape index (κ1) is 19.2. The number of rotatable bonds is 5. The molecule has 3 aromatic carbocycles. The number of carbonyl (C=O) groups excluding carboxylic acids is 1. The first-order valence-electron chi connectivity index (χ1n) is 9.27. The Morgan fingerprint density at radius 1 is 1.07 bits per heavy atom. The van der Waals surface area contributed by atoms with Gasteiger partial charge in [0.2, 0.25) is 0 Å². The molecular weight excluding hydrogens is 389 g/mol. The van der Waals surface area contributed by atoms with Crippen LogP contribution in [-0.4, -0.2) is 15.5 Å². The summed E-state index contributed by atoms with van der Waals surface area (Å²) in [5.74, 6) is 0.0959. The zero-order valence-corrected chi connectivity index (χ0v) is 16.5. The van der Waals surface area contributed by atoms with E-state index in [4.69, 9.17) is 16.6 Å². The van der Waals surface area contributed by atoms with Crippen LogP contribution in [-0.2, 0) is 6.54 Å². The predicted molar refractivity (Wildman–Crippen MR) is 113 cm³/mol. The molecule has 4 rings (SSSR count). The Labute approximate surface area is 173 Å². The summed E-state index contributed by atoms with van der Waals surface area (Å²) in [6, 6.07) is 20.7.